The van der Waals surface area contributed by atoms with Crippen molar-refractivity contribution in [1.82, 2.24) is 0 Å². The van der Waals surface area contributed by atoms with Crippen molar-refractivity contribution in [2.75, 3.05) is 11.9 Å². The summed E-state index contributed by atoms with van der Waals surface area (Å²) in [6, 6.07) is 17.5. The van der Waals surface area contributed by atoms with E-state index in [1.54, 1.807) is 12.1 Å². The van der Waals surface area contributed by atoms with Gasteiger partial charge in [0.1, 0.15) is 18.4 Å². The van der Waals surface area contributed by atoms with Crippen molar-refractivity contribution in [3.8, 4) is 11.8 Å². The molecule has 0 radical (unpaired) electrons. The van der Waals surface area contributed by atoms with Gasteiger partial charge in [0.25, 0.3) is 0 Å². The maximum absolute atomic E-state index is 9.06. The molecule has 2 aromatic rings. The summed E-state index contributed by atoms with van der Waals surface area (Å²) in [5.41, 5.74) is 2.51. The van der Waals surface area contributed by atoms with Gasteiger partial charge in [0.2, 0.25) is 0 Å². The van der Waals surface area contributed by atoms with Gasteiger partial charge in [-0.05, 0) is 18.2 Å². The van der Waals surface area contributed by atoms with Gasteiger partial charge in [0.15, 0.2) is 0 Å². The maximum atomic E-state index is 9.06. The van der Waals surface area contributed by atoms with E-state index < -0.39 is 0 Å². The Morgan fingerprint density at radius 1 is 1.15 bits per heavy atom. The number of anilines is 1. The normalized spacial score (nSPS) is 9.55. The Morgan fingerprint density at radius 3 is 2.70 bits per heavy atom. The second-order valence-electron chi connectivity index (χ2n) is 4.22. The minimum atomic E-state index is 0.478. The molecular weight excluding hydrogens is 248 g/mol. The topological polar surface area (TPSA) is 45.0 Å². The van der Waals surface area contributed by atoms with Crippen LogP contribution < -0.4 is 10.1 Å². The molecule has 0 unspecified atom stereocenters. The lowest BCUT2D eigenvalue weighted by Gasteiger charge is -2.12. The molecule has 3 nitrogen and oxygen atoms in total. The third-order valence-corrected chi connectivity index (χ3v) is 2.85. The van der Waals surface area contributed by atoms with Crippen molar-refractivity contribution in [1.29, 1.82) is 5.26 Å². The minimum absolute atomic E-state index is 0.478. The van der Waals surface area contributed by atoms with Gasteiger partial charge in [-0.15, -0.1) is 0 Å². The molecule has 2 aromatic carbocycles. The third kappa shape index (κ3) is 3.39. The molecule has 3 heteroatoms. The molecule has 0 bridgehead atoms. The number of rotatable bonds is 6. The molecule has 0 aliphatic heterocycles. The average molecular weight is 264 g/mol. The number of hydrogen-bond acceptors (Lipinski definition) is 3. The van der Waals surface area contributed by atoms with Gasteiger partial charge in [0.05, 0.1) is 11.3 Å². The summed E-state index contributed by atoms with van der Waals surface area (Å²) < 4.78 is 5.61. The molecule has 0 atom stereocenters. The van der Waals surface area contributed by atoms with E-state index in [1.165, 1.54) is 0 Å². The zero-order chi connectivity index (χ0) is 14.2. The van der Waals surface area contributed by atoms with Crippen LogP contribution in [0.25, 0.3) is 0 Å². The highest BCUT2D eigenvalue weighted by Gasteiger charge is 2.04. The van der Waals surface area contributed by atoms with Gasteiger partial charge in [-0.25, -0.2) is 0 Å². The molecule has 0 spiro atoms. The Balaban J connectivity index is 2.11. The fourth-order valence-corrected chi connectivity index (χ4v) is 1.86. The Morgan fingerprint density at radius 2 is 1.90 bits per heavy atom. The van der Waals surface area contributed by atoms with Crippen LogP contribution >= 0.6 is 0 Å². The molecule has 1 N–H and O–H groups in total. The second kappa shape index (κ2) is 7.01. The van der Waals surface area contributed by atoms with E-state index in [0.29, 0.717) is 18.7 Å². The van der Waals surface area contributed by atoms with Gasteiger partial charge < -0.3 is 10.1 Å². The van der Waals surface area contributed by atoms with E-state index in [-0.39, 0.29) is 0 Å². The first-order valence-corrected chi connectivity index (χ1v) is 6.39. The van der Waals surface area contributed by atoms with Crippen molar-refractivity contribution in [3.63, 3.8) is 0 Å². The lowest BCUT2D eigenvalue weighted by molar-refractivity contribution is 0.359. The smallest absolute Gasteiger partial charge is 0.124 e. The largest absolute Gasteiger partial charge is 0.489 e. The SMILES string of the molecule is C=CCOc1ccccc1CNc1ccccc1C#N. The molecule has 0 aliphatic rings. The summed E-state index contributed by atoms with van der Waals surface area (Å²) in [7, 11) is 0. The highest BCUT2D eigenvalue weighted by atomic mass is 16.5. The zero-order valence-corrected chi connectivity index (χ0v) is 11.2. The fraction of sp³-hybridized carbons (Fsp3) is 0.118. The minimum Gasteiger partial charge on any atom is -0.489 e. The summed E-state index contributed by atoms with van der Waals surface area (Å²) in [6.45, 7) is 4.73. The van der Waals surface area contributed by atoms with Crippen molar-refractivity contribution in [2.24, 2.45) is 0 Å². The van der Waals surface area contributed by atoms with Crippen LogP contribution in [0, 0.1) is 11.3 Å². The quantitative estimate of drug-likeness (QED) is 0.808. The molecule has 0 aromatic heterocycles. The lowest BCUT2D eigenvalue weighted by Crippen LogP contribution is -2.04. The monoisotopic (exact) mass is 264 g/mol. The van der Waals surface area contributed by atoms with Gasteiger partial charge in [0, 0.05) is 12.1 Å². The number of nitrogens with zero attached hydrogens (tertiary/aromatic N) is 1. The summed E-state index contributed by atoms with van der Waals surface area (Å²) in [6.07, 6.45) is 1.72. The number of benzene rings is 2. The Bertz CT molecular complexity index is 629. The van der Waals surface area contributed by atoms with Crippen LogP contribution in [0.15, 0.2) is 61.2 Å². The number of nitriles is 1. The molecule has 0 heterocycles. The summed E-state index contributed by atoms with van der Waals surface area (Å²) >= 11 is 0. The third-order valence-electron chi connectivity index (χ3n) is 2.85. The molecule has 0 amide bonds. The standard InChI is InChI=1S/C17H16N2O/c1-2-11-20-17-10-6-4-8-15(17)13-19-16-9-5-3-7-14(16)12-18/h2-10,19H,1,11,13H2. The van der Waals surface area contributed by atoms with E-state index >= 15 is 0 Å². The van der Waals surface area contributed by atoms with Gasteiger partial charge in [-0.2, -0.15) is 5.26 Å². The van der Waals surface area contributed by atoms with Crippen molar-refractivity contribution in [2.45, 2.75) is 6.54 Å². The second-order valence-corrected chi connectivity index (χ2v) is 4.22. The first-order valence-electron chi connectivity index (χ1n) is 6.39. The predicted molar refractivity (Wildman–Crippen MR) is 80.6 cm³/mol. The predicted octanol–water partition coefficient (Wildman–Crippen LogP) is 3.74. The lowest BCUT2D eigenvalue weighted by atomic mass is 10.1. The van der Waals surface area contributed by atoms with Crippen LogP contribution in [0.5, 0.6) is 5.75 Å². The molecule has 0 fully saturated rings. The van der Waals surface area contributed by atoms with Crippen LogP contribution in [0.1, 0.15) is 11.1 Å². The Hall–Kier alpha value is -2.73. The van der Waals surface area contributed by atoms with Gasteiger partial charge >= 0.3 is 0 Å². The molecule has 20 heavy (non-hydrogen) atoms. The van der Waals surface area contributed by atoms with Crippen molar-refractivity contribution < 1.29 is 4.74 Å². The summed E-state index contributed by atoms with van der Waals surface area (Å²) in [5, 5.41) is 12.3. The van der Waals surface area contributed by atoms with E-state index in [0.717, 1.165) is 17.0 Å². The van der Waals surface area contributed by atoms with E-state index in [1.807, 2.05) is 42.5 Å². The zero-order valence-electron chi connectivity index (χ0n) is 11.2. The molecule has 100 valence electrons. The number of hydrogen-bond donors (Lipinski definition) is 1. The molecular formula is C17H16N2O. The molecule has 0 saturated carbocycles. The highest BCUT2D eigenvalue weighted by molar-refractivity contribution is 5.57. The van der Waals surface area contributed by atoms with Gasteiger partial charge in [-0.3, -0.25) is 0 Å². The average Bonchev–Trinajstić information content (AvgIpc) is 2.52. The summed E-state index contributed by atoms with van der Waals surface area (Å²) in [5.74, 6) is 0.828. The first kappa shape index (κ1) is 13.7. The molecule has 0 saturated heterocycles. The first-order chi connectivity index (χ1) is 9.85. The number of para-hydroxylation sites is 2. The van der Waals surface area contributed by atoms with Gasteiger partial charge in [-0.1, -0.05) is 43.0 Å². The van der Waals surface area contributed by atoms with Crippen molar-refractivity contribution >= 4 is 5.69 Å². The highest BCUT2D eigenvalue weighted by Crippen LogP contribution is 2.21. The molecule has 2 rings (SSSR count). The van der Waals surface area contributed by atoms with Crippen LogP contribution in [0.2, 0.25) is 0 Å². The van der Waals surface area contributed by atoms with Crippen LogP contribution in [0.3, 0.4) is 0 Å². The van der Waals surface area contributed by atoms with E-state index in [9.17, 15) is 0 Å². The van der Waals surface area contributed by atoms with Crippen molar-refractivity contribution in [3.05, 3.63) is 72.3 Å². The van der Waals surface area contributed by atoms with Crippen LogP contribution in [-0.2, 0) is 6.54 Å². The van der Waals surface area contributed by atoms with E-state index in [4.69, 9.17) is 10.00 Å². The van der Waals surface area contributed by atoms with Crippen LogP contribution in [-0.4, -0.2) is 6.61 Å². The molecule has 0 aliphatic carbocycles. The fourth-order valence-electron chi connectivity index (χ4n) is 1.86. The van der Waals surface area contributed by atoms with E-state index in [2.05, 4.69) is 18.0 Å². The Kier molecular flexibility index (Phi) is 4.80. The summed E-state index contributed by atoms with van der Waals surface area (Å²) in [4.78, 5) is 0. The Labute approximate surface area is 119 Å². The van der Waals surface area contributed by atoms with Crippen LogP contribution in [0.4, 0.5) is 5.69 Å². The number of ether oxygens (including phenoxy) is 1. The number of nitrogens with one attached hydrogen (secondary N) is 1. The maximum Gasteiger partial charge on any atom is 0.124 e.